The standard InChI is InChI=1S/C75H146O17P2/c1-9-68(8)54-46-38-33-34-40-48-56-73(78)86-62-71(92-75(80)58-50-42-32-24-20-16-18-22-28-36-44-52-66(4)5)64-90-94(83,84)88-60-69(76)59-87-93(81,82)89-63-70(61-85-72(77)55-47-39-30-26-25-29-37-45-53-67(6)7)91-74(79)57-49-41-31-23-19-15-13-11-10-12-14-17-21-27-35-43-51-65(2)3/h65-71,76H,9-64H2,1-8H3,(H,81,82)(H,83,84)/t68?,69-,70-,71-/m1/s1. The van der Waals surface area contributed by atoms with E-state index in [2.05, 4.69) is 55.4 Å². The van der Waals surface area contributed by atoms with Crippen molar-refractivity contribution in [2.75, 3.05) is 39.6 Å². The van der Waals surface area contributed by atoms with Gasteiger partial charge in [-0.05, 0) is 49.4 Å². The molecule has 0 heterocycles. The van der Waals surface area contributed by atoms with Gasteiger partial charge in [0, 0.05) is 25.7 Å². The summed E-state index contributed by atoms with van der Waals surface area (Å²) in [6.07, 6.45) is 48.7. The van der Waals surface area contributed by atoms with E-state index >= 15 is 0 Å². The van der Waals surface area contributed by atoms with Crippen molar-refractivity contribution in [3.8, 4) is 0 Å². The lowest BCUT2D eigenvalue weighted by atomic mass is 10.00. The molecule has 94 heavy (non-hydrogen) atoms. The number of phosphoric acid groups is 2. The van der Waals surface area contributed by atoms with Crippen molar-refractivity contribution in [3.05, 3.63) is 0 Å². The predicted octanol–water partition coefficient (Wildman–Crippen LogP) is 21.7. The van der Waals surface area contributed by atoms with E-state index in [4.69, 9.17) is 37.0 Å². The van der Waals surface area contributed by atoms with E-state index < -0.39 is 97.5 Å². The highest BCUT2D eigenvalue weighted by atomic mass is 31.2. The molecule has 0 aliphatic carbocycles. The van der Waals surface area contributed by atoms with Gasteiger partial charge in [-0.3, -0.25) is 37.3 Å². The van der Waals surface area contributed by atoms with Gasteiger partial charge in [0.1, 0.15) is 19.3 Å². The first-order valence-electron chi connectivity index (χ1n) is 38.7. The number of carbonyl (C=O) groups excluding carboxylic acids is 4. The molecule has 0 aromatic carbocycles. The van der Waals surface area contributed by atoms with Crippen LogP contribution in [0.5, 0.6) is 0 Å². The van der Waals surface area contributed by atoms with E-state index in [1.807, 2.05) is 0 Å². The molecule has 0 aliphatic rings. The Balaban J connectivity index is 5.22. The molecule has 0 rings (SSSR count). The Hall–Kier alpha value is -1.94. The predicted molar refractivity (Wildman–Crippen MR) is 381 cm³/mol. The molecule has 0 aliphatic heterocycles. The third-order valence-corrected chi connectivity index (χ3v) is 19.6. The third-order valence-electron chi connectivity index (χ3n) is 17.7. The summed E-state index contributed by atoms with van der Waals surface area (Å²) in [6, 6.07) is 0. The zero-order chi connectivity index (χ0) is 69.6. The first kappa shape index (κ1) is 92.1. The number of hydrogen-bond donors (Lipinski definition) is 3. The van der Waals surface area contributed by atoms with E-state index in [1.54, 1.807) is 0 Å². The molecule has 0 spiro atoms. The van der Waals surface area contributed by atoms with Crippen LogP contribution in [0.4, 0.5) is 0 Å². The maximum atomic E-state index is 13.1. The summed E-state index contributed by atoms with van der Waals surface area (Å²) in [7, 11) is -9.91. The third kappa shape index (κ3) is 67.3. The van der Waals surface area contributed by atoms with Gasteiger partial charge < -0.3 is 33.8 Å². The minimum Gasteiger partial charge on any atom is -0.462 e. The molecule has 0 bridgehead atoms. The molecule has 17 nitrogen and oxygen atoms in total. The highest BCUT2D eigenvalue weighted by molar-refractivity contribution is 7.47. The normalized spacial score (nSPS) is 14.4. The lowest BCUT2D eigenvalue weighted by Crippen LogP contribution is -2.30. The van der Waals surface area contributed by atoms with Gasteiger partial charge in [-0.1, -0.05) is 325 Å². The van der Waals surface area contributed by atoms with E-state index in [1.165, 1.54) is 173 Å². The molecule has 3 N–H and O–H groups in total. The fourth-order valence-electron chi connectivity index (χ4n) is 11.3. The van der Waals surface area contributed by atoms with Gasteiger partial charge in [0.25, 0.3) is 0 Å². The largest absolute Gasteiger partial charge is 0.472 e. The molecule has 0 saturated carbocycles. The van der Waals surface area contributed by atoms with Crippen LogP contribution in [0.15, 0.2) is 0 Å². The first-order chi connectivity index (χ1) is 45.1. The van der Waals surface area contributed by atoms with Crippen molar-refractivity contribution in [2.24, 2.45) is 23.7 Å². The summed E-state index contributed by atoms with van der Waals surface area (Å²) in [5.74, 6) is 0.908. The van der Waals surface area contributed by atoms with Crippen molar-refractivity contribution in [2.45, 2.75) is 395 Å². The number of esters is 4. The summed E-state index contributed by atoms with van der Waals surface area (Å²) in [6.45, 7) is 14.1. The maximum absolute atomic E-state index is 13.1. The smallest absolute Gasteiger partial charge is 0.462 e. The number of hydrogen-bond acceptors (Lipinski definition) is 15. The molecule has 6 atom stereocenters. The van der Waals surface area contributed by atoms with Crippen LogP contribution in [0.25, 0.3) is 0 Å². The number of phosphoric ester groups is 2. The molecule has 0 amide bonds. The second-order valence-electron chi connectivity index (χ2n) is 28.7. The van der Waals surface area contributed by atoms with Crippen molar-refractivity contribution in [3.63, 3.8) is 0 Å². The summed E-state index contributed by atoms with van der Waals surface area (Å²) >= 11 is 0. The van der Waals surface area contributed by atoms with E-state index in [9.17, 15) is 43.2 Å². The molecule has 0 aromatic heterocycles. The van der Waals surface area contributed by atoms with Crippen LogP contribution in [0.2, 0.25) is 0 Å². The van der Waals surface area contributed by atoms with E-state index in [0.29, 0.717) is 25.7 Å². The van der Waals surface area contributed by atoms with Gasteiger partial charge in [-0.2, -0.15) is 0 Å². The molecule has 558 valence electrons. The number of rotatable bonds is 72. The zero-order valence-electron chi connectivity index (χ0n) is 61.6. The minimum atomic E-state index is -4.96. The molecule has 0 aromatic rings. The number of ether oxygens (including phenoxy) is 4. The van der Waals surface area contributed by atoms with Gasteiger partial charge in [-0.15, -0.1) is 0 Å². The Labute approximate surface area is 575 Å². The highest BCUT2D eigenvalue weighted by Crippen LogP contribution is 2.45. The van der Waals surface area contributed by atoms with Crippen molar-refractivity contribution in [1.82, 2.24) is 0 Å². The number of aliphatic hydroxyl groups is 1. The van der Waals surface area contributed by atoms with E-state index in [0.717, 1.165) is 120 Å². The van der Waals surface area contributed by atoms with Crippen LogP contribution in [0, 0.1) is 23.7 Å². The quantitative estimate of drug-likeness (QED) is 0.0222. The van der Waals surface area contributed by atoms with Crippen LogP contribution in [0.3, 0.4) is 0 Å². The fraction of sp³-hybridized carbons (Fsp3) is 0.947. The number of unbranched alkanes of at least 4 members (excludes halogenated alkanes) is 37. The van der Waals surface area contributed by atoms with Crippen molar-refractivity contribution >= 4 is 39.5 Å². The molecule has 0 fully saturated rings. The van der Waals surface area contributed by atoms with Crippen LogP contribution < -0.4 is 0 Å². The van der Waals surface area contributed by atoms with Crippen molar-refractivity contribution < 1.29 is 80.2 Å². The van der Waals surface area contributed by atoms with Gasteiger partial charge in [0.15, 0.2) is 12.2 Å². The molecule has 0 saturated heterocycles. The molecule has 0 radical (unpaired) electrons. The lowest BCUT2D eigenvalue weighted by Gasteiger charge is -2.21. The number of aliphatic hydroxyl groups excluding tert-OH is 1. The Kier molecular flexibility index (Phi) is 63.1. The van der Waals surface area contributed by atoms with Gasteiger partial charge in [-0.25, -0.2) is 9.13 Å². The lowest BCUT2D eigenvalue weighted by molar-refractivity contribution is -0.161. The average Bonchev–Trinajstić information content (AvgIpc) is 1.09. The molecular weight excluding hydrogens is 1230 g/mol. The Bertz CT molecular complexity index is 1850. The minimum absolute atomic E-state index is 0.105. The van der Waals surface area contributed by atoms with Crippen molar-refractivity contribution in [1.29, 1.82) is 0 Å². The van der Waals surface area contributed by atoms with Gasteiger partial charge >= 0.3 is 39.5 Å². The van der Waals surface area contributed by atoms with Gasteiger partial charge in [0.2, 0.25) is 0 Å². The number of carbonyl (C=O) groups is 4. The topological polar surface area (TPSA) is 237 Å². The Morgan fingerprint density at radius 3 is 0.755 bits per heavy atom. The summed E-state index contributed by atoms with van der Waals surface area (Å²) in [4.78, 5) is 72.7. The molecular formula is C75H146O17P2. The average molecular weight is 1380 g/mol. The molecule has 3 unspecified atom stereocenters. The first-order valence-corrected chi connectivity index (χ1v) is 41.7. The van der Waals surface area contributed by atoms with Crippen LogP contribution in [-0.2, 0) is 65.4 Å². The molecule has 19 heteroatoms. The Morgan fingerprint density at radius 2 is 0.511 bits per heavy atom. The fourth-order valence-corrected chi connectivity index (χ4v) is 12.9. The second kappa shape index (κ2) is 64.4. The van der Waals surface area contributed by atoms with Crippen LogP contribution >= 0.6 is 15.6 Å². The van der Waals surface area contributed by atoms with E-state index in [-0.39, 0.29) is 25.7 Å². The highest BCUT2D eigenvalue weighted by Gasteiger charge is 2.30. The van der Waals surface area contributed by atoms with Crippen LogP contribution in [-0.4, -0.2) is 96.7 Å². The summed E-state index contributed by atoms with van der Waals surface area (Å²) in [5, 5.41) is 10.6. The summed E-state index contributed by atoms with van der Waals surface area (Å²) in [5.41, 5.74) is 0. The maximum Gasteiger partial charge on any atom is 0.472 e. The van der Waals surface area contributed by atoms with Gasteiger partial charge in [0.05, 0.1) is 26.4 Å². The SMILES string of the molecule is CCC(C)CCCCCCCCC(=O)OC[C@H](COP(=O)(O)OC[C@H](O)COP(=O)(O)OC[C@@H](COC(=O)CCCCCCCCCCC(C)C)OC(=O)CCCCCCCCCCCCCCCCCCC(C)C)OC(=O)CCCCCCCCCCCCCC(C)C. The Morgan fingerprint density at radius 1 is 0.298 bits per heavy atom. The monoisotopic (exact) mass is 1380 g/mol. The summed E-state index contributed by atoms with van der Waals surface area (Å²) < 4.78 is 68.5. The zero-order valence-corrected chi connectivity index (χ0v) is 63.4. The van der Waals surface area contributed by atoms with Crippen LogP contribution in [0.1, 0.15) is 376 Å². The second-order valence-corrected chi connectivity index (χ2v) is 31.6.